The van der Waals surface area contributed by atoms with Crippen molar-refractivity contribution in [1.82, 2.24) is 19.4 Å². The molecule has 1 aliphatic carbocycles. The topological polar surface area (TPSA) is 67.7 Å². The van der Waals surface area contributed by atoms with Gasteiger partial charge in [-0.25, -0.2) is 9.78 Å². The minimum Gasteiger partial charge on any atom is -0.453 e. The Morgan fingerprint density at radius 2 is 1.85 bits per heavy atom. The molecule has 4 rings (SSSR count). The molecular formula is C19H24N4O3. The number of rotatable bonds is 3. The number of nitrogens with zero attached hydrogens (tertiary/aromatic N) is 4. The summed E-state index contributed by atoms with van der Waals surface area (Å²) in [5.74, 6) is 1.85. The molecule has 138 valence electrons. The van der Waals surface area contributed by atoms with Crippen LogP contribution in [0, 0.1) is 0 Å². The van der Waals surface area contributed by atoms with E-state index in [-0.39, 0.29) is 12.0 Å². The number of ether oxygens (including phenoxy) is 1. The zero-order chi connectivity index (χ0) is 18.3. The predicted octanol–water partition coefficient (Wildman–Crippen LogP) is 1.90. The number of hydrogen-bond acceptors (Lipinski definition) is 4. The van der Waals surface area contributed by atoms with Crippen LogP contribution in [0.1, 0.15) is 30.1 Å². The molecule has 1 aliphatic heterocycles. The summed E-state index contributed by atoms with van der Waals surface area (Å²) in [4.78, 5) is 32.4. The van der Waals surface area contributed by atoms with Gasteiger partial charge in [0, 0.05) is 39.1 Å². The van der Waals surface area contributed by atoms with Crippen molar-refractivity contribution in [3.63, 3.8) is 0 Å². The van der Waals surface area contributed by atoms with Crippen molar-refractivity contribution in [1.29, 1.82) is 0 Å². The number of benzene rings is 1. The van der Waals surface area contributed by atoms with Gasteiger partial charge < -0.3 is 19.1 Å². The molecule has 2 heterocycles. The lowest BCUT2D eigenvalue weighted by Gasteiger charge is -2.33. The van der Waals surface area contributed by atoms with Gasteiger partial charge in [-0.15, -0.1) is 0 Å². The third-order valence-electron chi connectivity index (χ3n) is 5.34. The molecule has 0 atom stereocenters. The molecule has 0 spiro atoms. The number of hydrogen-bond donors (Lipinski definition) is 0. The largest absolute Gasteiger partial charge is 0.453 e. The number of aromatic nitrogens is 2. The van der Waals surface area contributed by atoms with E-state index in [1.54, 1.807) is 4.90 Å². The van der Waals surface area contributed by atoms with E-state index in [0.717, 1.165) is 22.4 Å². The third-order valence-corrected chi connectivity index (χ3v) is 5.34. The molecule has 2 fully saturated rings. The van der Waals surface area contributed by atoms with Crippen molar-refractivity contribution in [3.8, 4) is 0 Å². The van der Waals surface area contributed by atoms with Crippen LogP contribution in [0.2, 0.25) is 0 Å². The molecule has 0 bridgehead atoms. The molecule has 26 heavy (non-hydrogen) atoms. The standard InChI is InChI=1S/C19H24N4O3/c1-21-16-6-3-13(11-15(16)20-18(21)14-4-5-14)12-17(24)22-7-9-23(10-8-22)19(25)26-2/h3,6,11,14H,4-5,7-10,12H2,1-2H3. The average molecular weight is 356 g/mol. The van der Waals surface area contributed by atoms with Crippen LogP contribution in [0.5, 0.6) is 0 Å². The Labute approximate surface area is 152 Å². The number of amides is 2. The van der Waals surface area contributed by atoms with Crippen LogP contribution in [0.25, 0.3) is 11.0 Å². The summed E-state index contributed by atoms with van der Waals surface area (Å²) in [5, 5.41) is 0. The number of fused-ring (bicyclic) bond motifs is 1. The summed E-state index contributed by atoms with van der Waals surface area (Å²) in [6.07, 6.45) is 2.48. The maximum absolute atomic E-state index is 12.6. The highest BCUT2D eigenvalue weighted by Gasteiger charge is 2.29. The molecule has 1 aromatic carbocycles. The molecular weight excluding hydrogens is 332 g/mol. The van der Waals surface area contributed by atoms with Crippen LogP contribution < -0.4 is 0 Å². The molecule has 2 aliphatic rings. The van der Waals surface area contributed by atoms with Gasteiger partial charge in [0.15, 0.2) is 0 Å². The van der Waals surface area contributed by atoms with Crippen molar-refractivity contribution in [2.24, 2.45) is 7.05 Å². The Morgan fingerprint density at radius 1 is 1.15 bits per heavy atom. The van der Waals surface area contributed by atoms with Gasteiger partial charge in [-0.05, 0) is 30.5 Å². The Balaban J connectivity index is 1.42. The lowest BCUT2D eigenvalue weighted by molar-refractivity contribution is -0.132. The second-order valence-electron chi connectivity index (χ2n) is 7.14. The zero-order valence-electron chi connectivity index (χ0n) is 15.3. The highest BCUT2D eigenvalue weighted by Crippen LogP contribution is 2.40. The monoisotopic (exact) mass is 356 g/mol. The molecule has 0 radical (unpaired) electrons. The van der Waals surface area contributed by atoms with Crippen LogP contribution in [0.4, 0.5) is 4.79 Å². The van der Waals surface area contributed by atoms with Gasteiger partial charge in [-0.2, -0.15) is 0 Å². The van der Waals surface area contributed by atoms with E-state index in [2.05, 4.69) is 17.7 Å². The zero-order valence-corrected chi connectivity index (χ0v) is 15.3. The van der Waals surface area contributed by atoms with Gasteiger partial charge >= 0.3 is 6.09 Å². The molecule has 7 nitrogen and oxygen atoms in total. The minimum atomic E-state index is -0.329. The Bertz CT molecular complexity index is 848. The highest BCUT2D eigenvalue weighted by atomic mass is 16.5. The quantitative estimate of drug-likeness (QED) is 0.842. The molecule has 0 unspecified atom stereocenters. The summed E-state index contributed by atoms with van der Waals surface area (Å²) in [6.45, 7) is 2.13. The molecule has 2 amide bonds. The minimum absolute atomic E-state index is 0.0900. The average Bonchev–Trinajstić information content (AvgIpc) is 3.45. The second-order valence-corrected chi connectivity index (χ2v) is 7.14. The van der Waals surface area contributed by atoms with Gasteiger partial charge in [0.2, 0.25) is 5.91 Å². The van der Waals surface area contributed by atoms with Crippen molar-refractivity contribution in [2.45, 2.75) is 25.2 Å². The van der Waals surface area contributed by atoms with Crippen LogP contribution in [0.3, 0.4) is 0 Å². The van der Waals surface area contributed by atoms with E-state index in [4.69, 9.17) is 9.72 Å². The molecule has 1 saturated carbocycles. The van der Waals surface area contributed by atoms with E-state index < -0.39 is 0 Å². The number of carbonyl (C=O) groups is 2. The normalized spacial score (nSPS) is 17.6. The SMILES string of the molecule is COC(=O)N1CCN(C(=O)Cc2ccc3c(c2)nc(C2CC2)n3C)CC1. The van der Waals surface area contributed by atoms with Crippen molar-refractivity contribution in [3.05, 3.63) is 29.6 Å². The number of piperazine rings is 1. The van der Waals surface area contributed by atoms with Crippen LogP contribution in [-0.2, 0) is 23.0 Å². The smallest absolute Gasteiger partial charge is 0.409 e. The summed E-state index contributed by atoms with van der Waals surface area (Å²) in [6, 6.07) is 6.11. The fourth-order valence-electron chi connectivity index (χ4n) is 3.63. The predicted molar refractivity (Wildman–Crippen MR) is 97.0 cm³/mol. The first-order chi connectivity index (χ1) is 12.6. The second kappa shape index (κ2) is 6.63. The van der Waals surface area contributed by atoms with E-state index in [1.165, 1.54) is 20.0 Å². The summed E-state index contributed by atoms with van der Waals surface area (Å²) in [7, 11) is 3.44. The lowest BCUT2D eigenvalue weighted by Crippen LogP contribution is -2.50. The summed E-state index contributed by atoms with van der Waals surface area (Å²) >= 11 is 0. The van der Waals surface area contributed by atoms with E-state index in [1.807, 2.05) is 17.0 Å². The third kappa shape index (κ3) is 3.13. The van der Waals surface area contributed by atoms with Gasteiger partial charge in [-0.3, -0.25) is 4.79 Å². The van der Waals surface area contributed by atoms with Gasteiger partial charge in [-0.1, -0.05) is 6.07 Å². The molecule has 1 aromatic heterocycles. The Hall–Kier alpha value is -2.57. The molecule has 1 saturated heterocycles. The maximum atomic E-state index is 12.6. The fraction of sp³-hybridized carbons (Fsp3) is 0.526. The van der Waals surface area contributed by atoms with Crippen LogP contribution in [-0.4, -0.2) is 64.6 Å². The van der Waals surface area contributed by atoms with E-state index in [0.29, 0.717) is 38.5 Å². The highest BCUT2D eigenvalue weighted by molar-refractivity contribution is 5.82. The van der Waals surface area contributed by atoms with Crippen LogP contribution in [0.15, 0.2) is 18.2 Å². The van der Waals surface area contributed by atoms with Gasteiger partial charge in [0.1, 0.15) is 5.82 Å². The van der Waals surface area contributed by atoms with Crippen LogP contribution >= 0.6 is 0 Å². The molecule has 2 aromatic rings. The number of aryl methyl sites for hydroxylation is 1. The van der Waals surface area contributed by atoms with Crippen molar-refractivity contribution >= 4 is 23.0 Å². The molecule has 0 N–H and O–H groups in total. The lowest BCUT2D eigenvalue weighted by atomic mass is 10.1. The Morgan fingerprint density at radius 3 is 2.50 bits per heavy atom. The number of imidazole rings is 1. The summed E-state index contributed by atoms with van der Waals surface area (Å²) in [5.41, 5.74) is 3.07. The number of carbonyl (C=O) groups excluding carboxylic acids is 2. The maximum Gasteiger partial charge on any atom is 0.409 e. The fourth-order valence-corrected chi connectivity index (χ4v) is 3.63. The summed E-state index contributed by atoms with van der Waals surface area (Å²) < 4.78 is 6.90. The van der Waals surface area contributed by atoms with E-state index >= 15 is 0 Å². The van der Waals surface area contributed by atoms with Crippen molar-refractivity contribution in [2.75, 3.05) is 33.3 Å². The Kier molecular flexibility index (Phi) is 4.30. The number of methoxy groups -OCH3 is 1. The van der Waals surface area contributed by atoms with Gasteiger partial charge in [0.25, 0.3) is 0 Å². The first-order valence-electron chi connectivity index (χ1n) is 9.12. The first kappa shape index (κ1) is 16.9. The molecule has 7 heteroatoms. The van der Waals surface area contributed by atoms with Gasteiger partial charge in [0.05, 0.1) is 24.6 Å². The van der Waals surface area contributed by atoms with Crippen molar-refractivity contribution < 1.29 is 14.3 Å². The first-order valence-corrected chi connectivity index (χ1v) is 9.12. The van der Waals surface area contributed by atoms with E-state index in [9.17, 15) is 9.59 Å².